The Morgan fingerprint density at radius 2 is 1.90 bits per heavy atom. The third kappa shape index (κ3) is 4.80. The average Bonchev–Trinajstić information content (AvgIpc) is 2.47. The summed E-state index contributed by atoms with van der Waals surface area (Å²) in [5.41, 5.74) is 2.24. The highest BCUT2D eigenvalue weighted by molar-refractivity contribution is 9.10. The zero-order valence-corrected chi connectivity index (χ0v) is 14.8. The van der Waals surface area contributed by atoms with Crippen molar-refractivity contribution in [3.63, 3.8) is 0 Å². The molecule has 0 bridgehead atoms. The van der Waals surface area contributed by atoms with Gasteiger partial charge in [-0.25, -0.2) is 4.39 Å². The smallest absolute Gasteiger partial charge is 0.141 e. The van der Waals surface area contributed by atoms with Crippen molar-refractivity contribution in [3.8, 4) is 5.75 Å². The molecule has 0 amide bonds. The molecule has 0 atom stereocenters. The van der Waals surface area contributed by atoms with Crippen molar-refractivity contribution in [3.05, 3.63) is 62.3 Å². The van der Waals surface area contributed by atoms with Crippen molar-refractivity contribution in [1.82, 2.24) is 5.32 Å². The molecular weight excluding hydrogens is 401 g/mol. The molecule has 0 saturated heterocycles. The molecule has 2 aromatic carbocycles. The largest absolute Gasteiger partial charge is 0.489 e. The molecule has 2 nitrogen and oxygen atoms in total. The van der Waals surface area contributed by atoms with Crippen LogP contribution in [-0.2, 0) is 13.2 Å². The van der Waals surface area contributed by atoms with Gasteiger partial charge in [-0.1, -0.05) is 35.0 Å². The number of halogens is 3. The molecule has 2 rings (SSSR count). The second-order valence-electron chi connectivity index (χ2n) is 4.57. The van der Waals surface area contributed by atoms with Gasteiger partial charge in [-0.05, 0) is 46.2 Å². The molecule has 2 aromatic rings. The predicted molar refractivity (Wildman–Crippen MR) is 90.0 cm³/mol. The summed E-state index contributed by atoms with van der Waals surface area (Å²) in [6.45, 7) is 4.25. The van der Waals surface area contributed by atoms with E-state index in [9.17, 15) is 4.39 Å². The monoisotopic (exact) mass is 415 g/mol. The number of rotatable bonds is 6. The topological polar surface area (TPSA) is 21.3 Å². The molecule has 5 heteroatoms. The number of benzene rings is 2. The van der Waals surface area contributed by atoms with Gasteiger partial charge in [-0.15, -0.1) is 0 Å². The van der Waals surface area contributed by atoms with Crippen molar-refractivity contribution >= 4 is 31.9 Å². The number of nitrogens with one attached hydrogen (secondary N) is 1. The van der Waals surface area contributed by atoms with Crippen LogP contribution in [0.3, 0.4) is 0 Å². The molecule has 0 aromatic heterocycles. The van der Waals surface area contributed by atoms with Gasteiger partial charge in [0.1, 0.15) is 18.2 Å². The molecule has 0 aliphatic carbocycles. The molecule has 112 valence electrons. The van der Waals surface area contributed by atoms with Crippen molar-refractivity contribution in [2.24, 2.45) is 0 Å². The zero-order valence-electron chi connectivity index (χ0n) is 11.6. The molecular formula is C16H16Br2FNO. The fourth-order valence-corrected chi connectivity index (χ4v) is 2.60. The first-order chi connectivity index (χ1) is 10.1. The minimum absolute atomic E-state index is 0.326. The lowest BCUT2D eigenvalue weighted by Gasteiger charge is -2.10. The molecule has 0 saturated carbocycles. The van der Waals surface area contributed by atoms with Crippen LogP contribution < -0.4 is 10.1 Å². The van der Waals surface area contributed by atoms with Crippen LogP contribution in [0.2, 0.25) is 0 Å². The average molecular weight is 417 g/mol. The third-order valence-electron chi connectivity index (χ3n) is 2.98. The molecule has 1 N–H and O–H groups in total. The van der Waals surface area contributed by atoms with E-state index in [2.05, 4.69) is 56.2 Å². The minimum Gasteiger partial charge on any atom is -0.489 e. The highest BCUT2D eigenvalue weighted by Gasteiger charge is 2.05. The van der Waals surface area contributed by atoms with E-state index in [1.165, 1.54) is 11.6 Å². The predicted octanol–water partition coefficient (Wildman–Crippen LogP) is 5.04. The minimum atomic E-state index is -0.326. The van der Waals surface area contributed by atoms with Crippen LogP contribution in [0, 0.1) is 5.82 Å². The third-order valence-corrected chi connectivity index (χ3v) is 4.36. The Hall–Kier alpha value is -0.910. The van der Waals surface area contributed by atoms with Gasteiger partial charge in [-0.3, -0.25) is 0 Å². The first-order valence-corrected chi connectivity index (χ1v) is 8.24. The van der Waals surface area contributed by atoms with Crippen LogP contribution in [0.4, 0.5) is 4.39 Å². The Morgan fingerprint density at radius 1 is 1.10 bits per heavy atom. The van der Waals surface area contributed by atoms with E-state index in [1.54, 1.807) is 12.1 Å². The van der Waals surface area contributed by atoms with Gasteiger partial charge in [0.2, 0.25) is 0 Å². The van der Waals surface area contributed by atoms with Crippen LogP contribution in [0.5, 0.6) is 5.75 Å². The van der Waals surface area contributed by atoms with Gasteiger partial charge in [0.15, 0.2) is 0 Å². The second kappa shape index (κ2) is 7.92. The fraction of sp³-hybridized carbons (Fsp3) is 0.250. The van der Waals surface area contributed by atoms with Gasteiger partial charge >= 0.3 is 0 Å². The highest BCUT2D eigenvalue weighted by Crippen LogP contribution is 2.24. The Kier molecular flexibility index (Phi) is 6.21. The summed E-state index contributed by atoms with van der Waals surface area (Å²) in [5, 5.41) is 3.28. The molecule has 0 aliphatic heterocycles. The maximum absolute atomic E-state index is 13.4. The van der Waals surface area contributed by atoms with Gasteiger partial charge in [0.05, 0.1) is 4.47 Å². The van der Waals surface area contributed by atoms with E-state index >= 15 is 0 Å². The summed E-state index contributed by atoms with van der Waals surface area (Å²) in [4.78, 5) is 0. The number of hydrogen-bond donors (Lipinski definition) is 1. The highest BCUT2D eigenvalue weighted by atomic mass is 79.9. The quantitative estimate of drug-likeness (QED) is 0.712. The van der Waals surface area contributed by atoms with Gasteiger partial charge in [-0.2, -0.15) is 0 Å². The fourth-order valence-electron chi connectivity index (χ4n) is 1.81. The van der Waals surface area contributed by atoms with Crippen molar-refractivity contribution in [1.29, 1.82) is 0 Å². The van der Waals surface area contributed by atoms with E-state index < -0.39 is 0 Å². The van der Waals surface area contributed by atoms with Crippen LogP contribution >= 0.6 is 31.9 Å². The maximum Gasteiger partial charge on any atom is 0.141 e. The second-order valence-corrected chi connectivity index (χ2v) is 6.28. The van der Waals surface area contributed by atoms with E-state index in [4.69, 9.17) is 4.74 Å². The first kappa shape index (κ1) is 16.5. The Balaban J connectivity index is 2.01. The maximum atomic E-state index is 13.4. The summed E-state index contributed by atoms with van der Waals surface area (Å²) in [6.07, 6.45) is 0. The lowest BCUT2D eigenvalue weighted by atomic mass is 10.1. The van der Waals surface area contributed by atoms with Crippen LogP contribution in [0.1, 0.15) is 18.1 Å². The molecule has 0 heterocycles. The van der Waals surface area contributed by atoms with Crippen molar-refractivity contribution < 1.29 is 9.13 Å². The molecule has 21 heavy (non-hydrogen) atoms. The van der Waals surface area contributed by atoms with Gasteiger partial charge < -0.3 is 10.1 Å². The van der Waals surface area contributed by atoms with Crippen LogP contribution in [-0.4, -0.2) is 6.54 Å². The van der Waals surface area contributed by atoms with E-state index in [0.717, 1.165) is 23.1 Å². The number of ether oxygens (including phenoxy) is 1. The summed E-state index contributed by atoms with van der Waals surface area (Å²) >= 11 is 6.67. The Morgan fingerprint density at radius 3 is 2.57 bits per heavy atom. The molecule has 0 aliphatic rings. The Labute approximate surface area is 141 Å². The first-order valence-electron chi connectivity index (χ1n) is 6.66. The molecule has 0 unspecified atom stereocenters. The molecule has 0 spiro atoms. The lowest BCUT2D eigenvalue weighted by Crippen LogP contribution is -2.11. The molecule has 0 radical (unpaired) electrons. The van der Waals surface area contributed by atoms with Crippen LogP contribution in [0.25, 0.3) is 0 Å². The standard InChI is InChI=1S/C16H16Br2FNO/c1-2-20-9-11-3-4-12(15(18)7-11)10-21-13-5-6-14(17)16(19)8-13/h3-8,20H,2,9-10H2,1H3. The van der Waals surface area contributed by atoms with Crippen LogP contribution in [0.15, 0.2) is 45.3 Å². The Bertz CT molecular complexity index is 619. The lowest BCUT2D eigenvalue weighted by molar-refractivity contribution is 0.303. The molecule has 0 fully saturated rings. The SMILES string of the molecule is CCNCc1ccc(COc2ccc(Br)c(F)c2)c(Br)c1. The van der Waals surface area contributed by atoms with Gasteiger partial charge in [0.25, 0.3) is 0 Å². The summed E-state index contributed by atoms with van der Waals surface area (Å²) in [5.74, 6) is 0.187. The zero-order chi connectivity index (χ0) is 15.2. The van der Waals surface area contributed by atoms with Gasteiger partial charge in [0, 0.05) is 22.6 Å². The van der Waals surface area contributed by atoms with Crippen molar-refractivity contribution in [2.45, 2.75) is 20.1 Å². The summed E-state index contributed by atoms with van der Waals surface area (Å²) in [6, 6.07) is 10.9. The number of hydrogen-bond acceptors (Lipinski definition) is 2. The van der Waals surface area contributed by atoms with Crippen molar-refractivity contribution in [2.75, 3.05) is 6.54 Å². The van der Waals surface area contributed by atoms with E-state index in [0.29, 0.717) is 16.8 Å². The van der Waals surface area contributed by atoms with E-state index in [1.807, 2.05) is 6.07 Å². The summed E-state index contributed by atoms with van der Waals surface area (Å²) < 4.78 is 20.5. The normalized spacial score (nSPS) is 10.7. The van der Waals surface area contributed by atoms with E-state index in [-0.39, 0.29) is 5.82 Å². The summed E-state index contributed by atoms with van der Waals surface area (Å²) in [7, 11) is 0.